The summed E-state index contributed by atoms with van der Waals surface area (Å²) in [5, 5.41) is 0.945. The Kier molecular flexibility index (Phi) is 5.92. The summed E-state index contributed by atoms with van der Waals surface area (Å²) in [7, 11) is -2.97. The highest BCUT2D eigenvalue weighted by Gasteiger charge is 2.32. The predicted octanol–water partition coefficient (Wildman–Crippen LogP) is 4.37. The Morgan fingerprint density at radius 3 is 2.40 bits per heavy atom. The number of sulfone groups is 1. The van der Waals surface area contributed by atoms with Crippen LogP contribution in [0, 0.1) is 27.7 Å². The number of hydrogen-bond donors (Lipinski definition) is 0. The van der Waals surface area contributed by atoms with Crippen molar-refractivity contribution in [3.8, 4) is 0 Å². The molecule has 2 fully saturated rings. The van der Waals surface area contributed by atoms with E-state index in [1.54, 1.807) is 0 Å². The highest BCUT2D eigenvalue weighted by Crippen LogP contribution is 2.36. The molecule has 3 heterocycles. The molecule has 2 aliphatic rings. The first-order valence-corrected chi connectivity index (χ1v) is 13.6. The SMILES string of the molecule is Cc1nc(SCC(=O)c2cc(C)n([C@@H]3CCS(=O)(=O)C3)c2C)n(C2CCCC2)c1C. The number of imidazole rings is 1. The van der Waals surface area contributed by atoms with Crippen LogP contribution < -0.4 is 0 Å². The minimum atomic E-state index is -2.97. The molecule has 0 bridgehead atoms. The molecule has 1 aliphatic heterocycles. The molecule has 0 amide bonds. The number of carbonyl (C=O) groups is 1. The molecule has 6 nitrogen and oxygen atoms in total. The lowest BCUT2D eigenvalue weighted by Gasteiger charge is -2.17. The van der Waals surface area contributed by atoms with Gasteiger partial charge in [0.05, 0.1) is 23.0 Å². The van der Waals surface area contributed by atoms with E-state index in [0.29, 0.717) is 23.8 Å². The van der Waals surface area contributed by atoms with E-state index < -0.39 is 9.84 Å². The molecule has 164 valence electrons. The van der Waals surface area contributed by atoms with Crippen molar-refractivity contribution in [3.05, 3.63) is 34.4 Å². The van der Waals surface area contributed by atoms with Gasteiger partial charge < -0.3 is 9.13 Å². The fourth-order valence-electron chi connectivity index (χ4n) is 5.10. The van der Waals surface area contributed by atoms with Crippen LogP contribution in [0.4, 0.5) is 0 Å². The van der Waals surface area contributed by atoms with Crippen molar-refractivity contribution in [1.82, 2.24) is 14.1 Å². The molecule has 1 aliphatic carbocycles. The lowest BCUT2D eigenvalue weighted by molar-refractivity contribution is 0.102. The number of ketones is 1. The highest BCUT2D eigenvalue weighted by atomic mass is 32.2. The molecule has 0 unspecified atom stereocenters. The number of thioether (sulfide) groups is 1. The number of aromatic nitrogens is 3. The van der Waals surface area contributed by atoms with Crippen molar-refractivity contribution < 1.29 is 13.2 Å². The second-order valence-corrected chi connectivity index (χ2v) is 12.0. The molecular formula is C22H31N3O3S2. The molecular weight excluding hydrogens is 418 g/mol. The molecule has 1 saturated heterocycles. The summed E-state index contributed by atoms with van der Waals surface area (Å²) >= 11 is 1.52. The van der Waals surface area contributed by atoms with Crippen LogP contribution in [0.2, 0.25) is 0 Å². The van der Waals surface area contributed by atoms with Gasteiger partial charge in [-0.1, -0.05) is 24.6 Å². The van der Waals surface area contributed by atoms with Gasteiger partial charge in [0.1, 0.15) is 0 Å². The van der Waals surface area contributed by atoms with Crippen LogP contribution in [0.15, 0.2) is 11.2 Å². The van der Waals surface area contributed by atoms with Gasteiger partial charge in [0.2, 0.25) is 0 Å². The number of nitrogens with zero attached hydrogens (tertiary/aromatic N) is 3. The predicted molar refractivity (Wildman–Crippen MR) is 120 cm³/mol. The molecule has 0 N–H and O–H groups in total. The largest absolute Gasteiger partial charge is 0.344 e. The van der Waals surface area contributed by atoms with Crippen LogP contribution in [0.1, 0.15) is 77.3 Å². The van der Waals surface area contributed by atoms with Gasteiger partial charge >= 0.3 is 0 Å². The van der Waals surface area contributed by atoms with E-state index in [2.05, 4.69) is 16.1 Å². The van der Waals surface area contributed by atoms with Crippen LogP contribution in [0.5, 0.6) is 0 Å². The summed E-state index contributed by atoms with van der Waals surface area (Å²) in [5.74, 6) is 0.825. The van der Waals surface area contributed by atoms with Crippen molar-refractivity contribution in [2.75, 3.05) is 17.3 Å². The number of hydrogen-bond acceptors (Lipinski definition) is 5. The van der Waals surface area contributed by atoms with Gasteiger partial charge in [-0.05, 0) is 53.0 Å². The Morgan fingerprint density at radius 2 is 1.77 bits per heavy atom. The van der Waals surface area contributed by atoms with E-state index in [9.17, 15) is 13.2 Å². The Hall–Kier alpha value is -1.54. The van der Waals surface area contributed by atoms with E-state index in [1.165, 1.54) is 43.1 Å². The van der Waals surface area contributed by atoms with Crippen LogP contribution in [-0.4, -0.2) is 45.6 Å². The van der Waals surface area contributed by atoms with Crippen molar-refractivity contribution in [2.45, 2.75) is 77.0 Å². The van der Waals surface area contributed by atoms with Gasteiger partial charge in [0.15, 0.2) is 20.8 Å². The minimum absolute atomic E-state index is 0.0595. The first kappa shape index (κ1) is 21.7. The molecule has 0 aromatic carbocycles. The third kappa shape index (κ3) is 4.00. The van der Waals surface area contributed by atoms with Crippen molar-refractivity contribution in [1.29, 1.82) is 0 Å². The molecule has 2 aromatic heterocycles. The van der Waals surface area contributed by atoms with E-state index in [-0.39, 0.29) is 23.3 Å². The summed E-state index contributed by atoms with van der Waals surface area (Å²) < 4.78 is 28.2. The van der Waals surface area contributed by atoms with Crippen molar-refractivity contribution in [3.63, 3.8) is 0 Å². The standard InChI is InChI=1S/C22H31N3O3S2/c1-14-11-20(17(4)24(14)19-9-10-30(27,28)13-19)21(26)12-29-22-23-15(2)16(3)25(22)18-7-5-6-8-18/h11,18-19H,5-10,12-13H2,1-4H3/t19-/m1/s1. The van der Waals surface area contributed by atoms with Gasteiger partial charge in [-0.15, -0.1) is 0 Å². The number of aryl methyl sites for hydroxylation is 2. The maximum atomic E-state index is 13.1. The average molecular weight is 450 g/mol. The third-order valence-electron chi connectivity index (χ3n) is 6.73. The molecule has 4 rings (SSSR count). The molecule has 8 heteroatoms. The Bertz CT molecular complexity index is 1080. The molecule has 1 atom stereocenters. The zero-order valence-corrected chi connectivity index (χ0v) is 19.9. The summed E-state index contributed by atoms with van der Waals surface area (Å²) in [6.07, 6.45) is 5.51. The second kappa shape index (κ2) is 8.19. The zero-order chi connectivity index (χ0) is 21.6. The Morgan fingerprint density at radius 1 is 1.07 bits per heavy atom. The maximum absolute atomic E-state index is 13.1. The molecule has 0 spiro atoms. The summed E-state index contributed by atoms with van der Waals surface area (Å²) in [4.78, 5) is 17.8. The molecule has 2 aromatic rings. The Balaban J connectivity index is 1.52. The zero-order valence-electron chi connectivity index (χ0n) is 18.3. The number of rotatable bonds is 6. The molecule has 1 saturated carbocycles. The second-order valence-electron chi connectivity index (χ2n) is 8.80. The number of carbonyl (C=O) groups excluding carboxylic acids is 1. The minimum Gasteiger partial charge on any atom is -0.344 e. The van der Waals surface area contributed by atoms with Crippen molar-refractivity contribution in [2.24, 2.45) is 0 Å². The van der Waals surface area contributed by atoms with Gasteiger partial charge in [-0.2, -0.15) is 0 Å². The fourth-order valence-corrected chi connectivity index (χ4v) is 7.84. The van der Waals surface area contributed by atoms with Crippen LogP contribution in [0.3, 0.4) is 0 Å². The normalized spacial score (nSPS) is 21.5. The van der Waals surface area contributed by atoms with Gasteiger partial charge in [0, 0.05) is 34.7 Å². The quantitative estimate of drug-likeness (QED) is 0.484. The molecule has 30 heavy (non-hydrogen) atoms. The van der Waals surface area contributed by atoms with Gasteiger partial charge in [-0.25, -0.2) is 13.4 Å². The number of Topliss-reactive ketones (excluding diaryl/α,β-unsaturated/α-hetero) is 1. The van der Waals surface area contributed by atoms with Crippen molar-refractivity contribution >= 4 is 27.4 Å². The Labute approximate surface area is 183 Å². The van der Waals surface area contributed by atoms with E-state index in [1.807, 2.05) is 26.8 Å². The fraction of sp³-hybridized carbons (Fsp3) is 0.636. The lowest BCUT2D eigenvalue weighted by atomic mass is 10.2. The van der Waals surface area contributed by atoms with E-state index in [4.69, 9.17) is 4.98 Å². The van der Waals surface area contributed by atoms with Crippen LogP contribution in [-0.2, 0) is 9.84 Å². The maximum Gasteiger partial charge on any atom is 0.175 e. The summed E-state index contributed by atoms with van der Waals surface area (Å²) in [5.41, 5.74) is 4.79. The van der Waals surface area contributed by atoms with E-state index in [0.717, 1.165) is 22.2 Å². The smallest absolute Gasteiger partial charge is 0.175 e. The topological polar surface area (TPSA) is 74.0 Å². The first-order chi connectivity index (χ1) is 14.2. The molecule has 0 radical (unpaired) electrons. The summed E-state index contributed by atoms with van der Waals surface area (Å²) in [6.45, 7) is 8.05. The lowest BCUT2D eigenvalue weighted by Crippen LogP contribution is -2.15. The van der Waals surface area contributed by atoms with Gasteiger partial charge in [-0.3, -0.25) is 4.79 Å². The van der Waals surface area contributed by atoms with Gasteiger partial charge in [0.25, 0.3) is 0 Å². The van der Waals surface area contributed by atoms with E-state index >= 15 is 0 Å². The third-order valence-corrected chi connectivity index (χ3v) is 9.44. The monoisotopic (exact) mass is 449 g/mol. The first-order valence-electron chi connectivity index (χ1n) is 10.8. The van der Waals surface area contributed by atoms with Crippen LogP contribution >= 0.6 is 11.8 Å². The van der Waals surface area contributed by atoms with Crippen LogP contribution in [0.25, 0.3) is 0 Å². The summed E-state index contributed by atoms with van der Waals surface area (Å²) in [6, 6.07) is 2.36. The highest BCUT2D eigenvalue weighted by molar-refractivity contribution is 7.99. The average Bonchev–Trinajstić information content (AvgIpc) is 3.43.